The molecule has 0 saturated carbocycles. The van der Waals surface area contributed by atoms with Crippen molar-refractivity contribution in [2.75, 3.05) is 29.9 Å². The highest BCUT2D eigenvalue weighted by atomic mass is 35.5. The van der Waals surface area contributed by atoms with E-state index in [0.29, 0.717) is 43.0 Å². The zero-order chi connectivity index (χ0) is 20.6. The minimum atomic E-state index is -4.44. The van der Waals surface area contributed by atoms with Crippen LogP contribution in [0.2, 0.25) is 5.28 Å². The molecule has 7 nitrogen and oxygen atoms in total. The predicted molar refractivity (Wildman–Crippen MR) is 104 cm³/mol. The van der Waals surface area contributed by atoms with Crippen molar-refractivity contribution >= 4 is 34.4 Å². The first kappa shape index (κ1) is 19.7. The molecule has 4 rings (SSSR count). The standard InChI is InChI=1S/C18H19ClF3N7/c1-28-10-13(18(20,21)22)25-17(28)29-7-4-11(5-8-29)9-24-15-12-3-2-6-23-14(12)26-16(19)27-15/h2-3,6,10-11H,4-5,7-9H2,1H3,(H,23,24,26,27). The van der Waals surface area contributed by atoms with Gasteiger partial charge in [-0.1, -0.05) is 0 Å². The summed E-state index contributed by atoms with van der Waals surface area (Å²) < 4.78 is 40.1. The summed E-state index contributed by atoms with van der Waals surface area (Å²) in [7, 11) is 1.59. The van der Waals surface area contributed by atoms with Crippen LogP contribution in [0.1, 0.15) is 18.5 Å². The molecule has 1 aliphatic heterocycles. The van der Waals surface area contributed by atoms with Crippen LogP contribution in [0.15, 0.2) is 24.5 Å². The molecule has 0 unspecified atom stereocenters. The number of rotatable bonds is 4. The van der Waals surface area contributed by atoms with Crippen molar-refractivity contribution in [1.29, 1.82) is 0 Å². The van der Waals surface area contributed by atoms with Crippen molar-refractivity contribution < 1.29 is 13.2 Å². The van der Waals surface area contributed by atoms with Gasteiger partial charge in [0.15, 0.2) is 11.3 Å². The van der Waals surface area contributed by atoms with Crippen LogP contribution < -0.4 is 10.2 Å². The van der Waals surface area contributed by atoms with Gasteiger partial charge in [-0.05, 0) is 42.5 Å². The quantitative estimate of drug-likeness (QED) is 0.642. The summed E-state index contributed by atoms with van der Waals surface area (Å²) in [6.45, 7) is 1.96. The Bertz CT molecular complexity index is 1010. The number of aromatic nitrogens is 5. The Morgan fingerprint density at radius 3 is 2.66 bits per heavy atom. The van der Waals surface area contributed by atoms with Crippen LogP contribution in [0.5, 0.6) is 0 Å². The van der Waals surface area contributed by atoms with Gasteiger partial charge in [-0.15, -0.1) is 0 Å². The molecule has 29 heavy (non-hydrogen) atoms. The van der Waals surface area contributed by atoms with E-state index in [2.05, 4.69) is 25.3 Å². The summed E-state index contributed by atoms with van der Waals surface area (Å²) in [5.41, 5.74) is -0.333. The van der Waals surface area contributed by atoms with Crippen molar-refractivity contribution in [2.24, 2.45) is 13.0 Å². The Balaban J connectivity index is 1.38. The fraction of sp³-hybridized carbons (Fsp3) is 0.444. The number of anilines is 2. The number of hydrogen-bond donors (Lipinski definition) is 1. The van der Waals surface area contributed by atoms with E-state index in [1.807, 2.05) is 17.0 Å². The van der Waals surface area contributed by atoms with Crippen LogP contribution in [0.3, 0.4) is 0 Å². The van der Waals surface area contributed by atoms with Gasteiger partial charge in [0.1, 0.15) is 5.82 Å². The number of alkyl halides is 3. The second-order valence-corrected chi connectivity index (χ2v) is 7.40. The zero-order valence-corrected chi connectivity index (χ0v) is 16.4. The summed E-state index contributed by atoms with van der Waals surface area (Å²) in [5.74, 6) is 1.34. The van der Waals surface area contributed by atoms with Gasteiger partial charge in [0.25, 0.3) is 0 Å². The van der Waals surface area contributed by atoms with Crippen molar-refractivity contribution in [1.82, 2.24) is 24.5 Å². The minimum absolute atomic E-state index is 0.128. The number of pyridine rings is 1. The second-order valence-electron chi connectivity index (χ2n) is 7.06. The number of fused-ring (bicyclic) bond motifs is 1. The summed E-state index contributed by atoms with van der Waals surface area (Å²) in [5, 5.41) is 4.25. The molecule has 0 radical (unpaired) electrons. The maximum absolute atomic E-state index is 12.9. The van der Waals surface area contributed by atoms with Gasteiger partial charge in [-0.25, -0.2) is 15.0 Å². The molecule has 3 aromatic heterocycles. The first-order chi connectivity index (χ1) is 13.8. The molecule has 0 amide bonds. The van der Waals surface area contributed by atoms with Crippen LogP contribution in [0, 0.1) is 5.92 Å². The summed E-state index contributed by atoms with van der Waals surface area (Å²) in [4.78, 5) is 18.2. The largest absolute Gasteiger partial charge is 0.434 e. The van der Waals surface area contributed by atoms with Gasteiger partial charge in [-0.3, -0.25) is 0 Å². The SMILES string of the molecule is Cn1cc(C(F)(F)F)nc1N1CCC(CNc2nc(Cl)nc3ncccc23)CC1. The number of piperidine rings is 1. The van der Waals surface area contributed by atoms with Crippen LogP contribution in [0.4, 0.5) is 24.9 Å². The van der Waals surface area contributed by atoms with Gasteiger partial charge in [-0.2, -0.15) is 18.2 Å². The predicted octanol–water partition coefficient (Wildman–Crippen LogP) is 3.76. The van der Waals surface area contributed by atoms with Crippen LogP contribution >= 0.6 is 11.6 Å². The van der Waals surface area contributed by atoms with Crippen LogP contribution in [-0.4, -0.2) is 44.1 Å². The van der Waals surface area contributed by atoms with E-state index in [0.717, 1.165) is 24.4 Å². The number of nitrogens with one attached hydrogen (secondary N) is 1. The monoisotopic (exact) mass is 425 g/mol. The average Bonchev–Trinajstić information content (AvgIpc) is 3.08. The third kappa shape index (κ3) is 4.21. The van der Waals surface area contributed by atoms with Gasteiger partial charge in [0.05, 0.1) is 5.39 Å². The summed E-state index contributed by atoms with van der Waals surface area (Å²) in [6, 6.07) is 3.69. The first-order valence-electron chi connectivity index (χ1n) is 9.19. The van der Waals surface area contributed by atoms with E-state index in [4.69, 9.17) is 11.6 Å². The van der Waals surface area contributed by atoms with Crippen molar-refractivity contribution in [3.63, 3.8) is 0 Å². The molecule has 0 bridgehead atoms. The first-order valence-corrected chi connectivity index (χ1v) is 9.56. The Morgan fingerprint density at radius 1 is 1.21 bits per heavy atom. The molecule has 0 spiro atoms. The van der Waals surface area contributed by atoms with E-state index < -0.39 is 11.9 Å². The molecule has 1 N–H and O–H groups in total. The highest BCUT2D eigenvalue weighted by Gasteiger charge is 2.35. The van der Waals surface area contributed by atoms with E-state index in [1.54, 1.807) is 13.2 Å². The van der Waals surface area contributed by atoms with Crippen LogP contribution in [0.25, 0.3) is 11.0 Å². The third-order valence-electron chi connectivity index (χ3n) is 5.04. The average molecular weight is 426 g/mol. The molecule has 0 atom stereocenters. The lowest BCUT2D eigenvalue weighted by Gasteiger charge is -2.32. The van der Waals surface area contributed by atoms with E-state index >= 15 is 0 Å². The molecular formula is C18H19ClF3N7. The molecule has 4 heterocycles. The molecule has 154 valence electrons. The number of imidazole rings is 1. The lowest BCUT2D eigenvalue weighted by Crippen LogP contribution is -2.37. The molecule has 0 aliphatic carbocycles. The van der Waals surface area contributed by atoms with Gasteiger partial charge in [0, 0.05) is 39.1 Å². The normalized spacial score (nSPS) is 15.8. The van der Waals surface area contributed by atoms with Crippen molar-refractivity contribution in [3.05, 3.63) is 35.5 Å². The fourth-order valence-electron chi connectivity index (χ4n) is 3.54. The van der Waals surface area contributed by atoms with Gasteiger partial charge >= 0.3 is 6.18 Å². The highest BCUT2D eigenvalue weighted by molar-refractivity contribution is 6.28. The maximum atomic E-state index is 12.9. The Morgan fingerprint density at radius 2 is 1.97 bits per heavy atom. The molecule has 1 aliphatic rings. The smallest absolute Gasteiger partial charge is 0.369 e. The van der Waals surface area contributed by atoms with E-state index in [-0.39, 0.29) is 5.28 Å². The number of hydrogen-bond acceptors (Lipinski definition) is 6. The van der Waals surface area contributed by atoms with Gasteiger partial charge < -0.3 is 14.8 Å². The van der Waals surface area contributed by atoms with Crippen molar-refractivity contribution in [2.45, 2.75) is 19.0 Å². The summed E-state index contributed by atoms with van der Waals surface area (Å²) >= 11 is 5.98. The molecule has 1 fully saturated rings. The van der Waals surface area contributed by atoms with Gasteiger partial charge in [0.2, 0.25) is 11.2 Å². The van der Waals surface area contributed by atoms with E-state index in [1.165, 1.54) is 4.57 Å². The molecule has 11 heteroatoms. The zero-order valence-electron chi connectivity index (χ0n) is 15.6. The number of aryl methyl sites for hydroxylation is 1. The summed E-state index contributed by atoms with van der Waals surface area (Å²) in [6.07, 6.45) is -0.102. The second kappa shape index (κ2) is 7.66. The molecule has 0 aromatic carbocycles. The Hall–Kier alpha value is -2.62. The third-order valence-corrected chi connectivity index (χ3v) is 5.21. The maximum Gasteiger partial charge on any atom is 0.434 e. The molecule has 1 saturated heterocycles. The van der Waals surface area contributed by atoms with Crippen LogP contribution in [-0.2, 0) is 13.2 Å². The number of halogens is 4. The highest BCUT2D eigenvalue weighted by Crippen LogP contribution is 2.31. The van der Waals surface area contributed by atoms with E-state index in [9.17, 15) is 13.2 Å². The van der Waals surface area contributed by atoms with Crippen molar-refractivity contribution in [3.8, 4) is 0 Å². The molecule has 3 aromatic rings. The fourth-order valence-corrected chi connectivity index (χ4v) is 3.70. The topological polar surface area (TPSA) is 71.8 Å². The number of nitrogens with zero attached hydrogens (tertiary/aromatic N) is 6. The minimum Gasteiger partial charge on any atom is -0.369 e. The molecular weight excluding hydrogens is 407 g/mol. The Labute approximate surface area is 169 Å². The Kier molecular flexibility index (Phi) is 5.20. The lowest BCUT2D eigenvalue weighted by atomic mass is 9.97. The lowest BCUT2D eigenvalue weighted by molar-refractivity contribution is -0.140.